The fraction of sp³-hybridized carbons (Fsp3) is 1.00. The first-order valence-electron chi connectivity index (χ1n) is 4.30. The summed E-state index contributed by atoms with van der Waals surface area (Å²) in [6.07, 6.45) is 2.07. The van der Waals surface area contributed by atoms with Gasteiger partial charge in [0.2, 0.25) is 0 Å². The molecule has 2 heteroatoms. The fourth-order valence-electron chi connectivity index (χ4n) is 1.85. The summed E-state index contributed by atoms with van der Waals surface area (Å²) in [5.74, 6) is -1.98. The van der Waals surface area contributed by atoms with Crippen molar-refractivity contribution in [1.29, 1.82) is 0 Å². The molecule has 0 aromatic heterocycles. The minimum absolute atomic E-state index is 0.152. The summed E-state index contributed by atoms with van der Waals surface area (Å²) >= 11 is 0. The normalized spacial score (nSPS) is 43.6. The third-order valence-corrected chi connectivity index (χ3v) is 3.24. The van der Waals surface area contributed by atoms with Crippen LogP contribution in [0.15, 0.2) is 0 Å². The van der Waals surface area contributed by atoms with Gasteiger partial charge in [-0.1, -0.05) is 13.8 Å². The van der Waals surface area contributed by atoms with Crippen molar-refractivity contribution in [2.24, 2.45) is 17.3 Å². The second-order valence-electron chi connectivity index (χ2n) is 4.79. The topological polar surface area (TPSA) is 0 Å². The highest BCUT2D eigenvalue weighted by molar-refractivity contribution is 5.03. The van der Waals surface area contributed by atoms with Crippen LogP contribution < -0.4 is 0 Å². The molecule has 11 heavy (non-hydrogen) atoms. The van der Waals surface area contributed by atoms with Gasteiger partial charge in [0.1, 0.15) is 0 Å². The Morgan fingerprint density at radius 2 is 1.64 bits per heavy atom. The minimum atomic E-state index is -2.29. The van der Waals surface area contributed by atoms with Crippen molar-refractivity contribution >= 4 is 0 Å². The highest BCUT2D eigenvalue weighted by atomic mass is 19.3. The summed E-state index contributed by atoms with van der Waals surface area (Å²) < 4.78 is 24.9. The van der Waals surface area contributed by atoms with Gasteiger partial charge in [0.25, 0.3) is 5.92 Å². The number of hydrogen-bond donors (Lipinski definition) is 0. The van der Waals surface area contributed by atoms with E-state index in [9.17, 15) is 8.78 Å². The zero-order chi connectivity index (χ0) is 8.28. The van der Waals surface area contributed by atoms with Crippen LogP contribution in [0.2, 0.25) is 0 Å². The van der Waals surface area contributed by atoms with Crippen molar-refractivity contribution in [2.45, 2.75) is 39.0 Å². The van der Waals surface area contributed by atoms with Crippen molar-refractivity contribution < 1.29 is 8.78 Å². The van der Waals surface area contributed by atoms with E-state index in [0.717, 1.165) is 12.8 Å². The van der Waals surface area contributed by atoms with Gasteiger partial charge >= 0.3 is 0 Å². The molecule has 0 aliphatic heterocycles. The number of alkyl halides is 2. The van der Waals surface area contributed by atoms with Gasteiger partial charge < -0.3 is 0 Å². The maximum absolute atomic E-state index is 12.4. The minimum Gasteiger partial charge on any atom is -0.207 e. The van der Waals surface area contributed by atoms with Crippen LogP contribution in [0.5, 0.6) is 0 Å². The molecule has 2 unspecified atom stereocenters. The molecule has 0 saturated heterocycles. The Hall–Kier alpha value is -0.140. The van der Waals surface area contributed by atoms with Crippen molar-refractivity contribution in [3.8, 4) is 0 Å². The Labute approximate surface area is 66.0 Å². The lowest BCUT2D eigenvalue weighted by Crippen LogP contribution is -1.97. The molecule has 2 rings (SSSR count). The Morgan fingerprint density at radius 3 is 1.91 bits per heavy atom. The van der Waals surface area contributed by atoms with Crippen LogP contribution in [0.1, 0.15) is 33.1 Å². The molecule has 2 saturated carbocycles. The third kappa shape index (κ3) is 1.27. The van der Waals surface area contributed by atoms with Crippen molar-refractivity contribution in [3.05, 3.63) is 0 Å². The van der Waals surface area contributed by atoms with E-state index < -0.39 is 5.92 Å². The van der Waals surface area contributed by atoms with Gasteiger partial charge in [-0.2, -0.15) is 0 Å². The molecule has 0 bridgehead atoms. The first-order valence-corrected chi connectivity index (χ1v) is 4.30. The van der Waals surface area contributed by atoms with Gasteiger partial charge in [-0.15, -0.1) is 0 Å². The van der Waals surface area contributed by atoms with Crippen molar-refractivity contribution in [1.82, 2.24) is 0 Å². The third-order valence-electron chi connectivity index (χ3n) is 3.24. The van der Waals surface area contributed by atoms with Crippen LogP contribution in [0.4, 0.5) is 8.78 Å². The lowest BCUT2D eigenvalue weighted by molar-refractivity contribution is 0.0950. The molecule has 2 atom stereocenters. The molecule has 0 spiro atoms. The summed E-state index contributed by atoms with van der Waals surface area (Å²) in [6.45, 7) is 4.33. The molecule has 0 amide bonds. The first-order chi connectivity index (χ1) is 4.92. The number of halogens is 2. The molecule has 0 N–H and O–H groups in total. The van der Waals surface area contributed by atoms with Gasteiger partial charge in [-0.25, -0.2) is 8.78 Å². The molecule has 0 radical (unpaired) electrons. The standard InChI is InChI=1S/C9H14F2/c1-8(2)4-6(8)3-7-5-9(7,10)11/h6-7H,3-5H2,1-2H3. The van der Waals surface area contributed by atoms with Crippen LogP contribution in [0, 0.1) is 17.3 Å². The second kappa shape index (κ2) is 1.78. The molecular formula is C9H14F2. The first kappa shape index (κ1) is 7.51. The second-order valence-corrected chi connectivity index (χ2v) is 4.79. The largest absolute Gasteiger partial charge is 0.251 e. The van der Waals surface area contributed by atoms with Crippen LogP contribution in [-0.2, 0) is 0 Å². The highest BCUT2D eigenvalue weighted by Gasteiger charge is 2.60. The van der Waals surface area contributed by atoms with Crippen molar-refractivity contribution in [3.63, 3.8) is 0 Å². The molecule has 2 fully saturated rings. The lowest BCUT2D eigenvalue weighted by atomic mass is 10.1. The monoisotopic (exact) mass is 160 g/mol. The average Bonchev–Trinajstić information content (AvgIpc) is 2.54. The molecule has 0 aromatic carbocycles. The van der Waals surface area contributed by atoms with E-state index in [1.807, 2.05) is 0 Å². The zero-order valence-corrected chi connectivity index (χ0v) is 7.03. The highest BCUT2D eigenvalue weighted by Crippen LogP contribution is 2.61. The van der Waals surface area contributed by atoms with E-state index in [4.69, 9.17) is 0 Å². The fourth-order valence-corrected chi connectivity index (χ4v) is 1.85. The molecule has 2 aliphatic carbocycles. The molecule has 0 heterocycles. The van der Waals surface area contributed by atoms with Crippen LogP contribution in [0.25, 0.3) is 0 Å². The number of rotatable bonds is 2. The summed E-state index contributed by atoms with van der Waals surface area (Å²) in [5.41, 5.74) is 0.374. The van der Waals surface area contributed by atoms with Gasteiger partial charge in [0.05, 0.1) is 0 Å². The van der Waals surface area contributed by atoms with Crippen LogP contribution in [-0.4, -0.2) is 5.92 Å². The van der Waals surface area contributed by atoms with E-state index in [2.05, 4.69) is 13.8 Å². The average molecular weight is 160 g/mol. The Balaban J connectivity index is 1.79. The van der Waals surface area contributed by atoms with Crippen LogP contribution >= 0.6 is 0 Å². The molecule has 0 nitrogen and oxygen atoms in total. The van der Waals surface area contributed by atoms with Gasteiger partial charge in [0, 0.05) is 12.3 Å². The maximum Gasteiger partial charge on any atom is 0.251 e. The molecule has 2 aliphatic rings. The van der Waals surface area contributed by atoms with Crippen molar-refractivity contribution in [2.75, 3.05) is 0 Å². The van der Waals surface area contributed by atoms with Gasteiger partial charge in [-0.05, 0) is 24.2 Å². The smallest absolute Gasteiger partial charge is 0.207 e. The predicted molar refractivity (Wildman–Crippen MR) is 39.6 cm³/mol. The Bertz CT molecular complexity index is 164. The lowest BCUT2D eigenvalue weighted by Gasteiger charge is -2.01. The maximum atomic E-state index is 12.4. The number of hydrogen-bond acceptors (Lipinski definition) is 0. The van der Waals surface area contributed by atoms with E-state index >= 15 is 0 Å². The molecular weight excluding hydrogens is 146 g/mol. The van der Waals surface area contributed by atoms with Gasteiger partial charge in [-0.3, -0.25) is 0 Å². The molecule has 64 valence electrons. The van der Waals surface area contributed by atoms with E-state index in [1.54, 1.807) is 0 Å². The molecule has 0 aromatic rings. The SMILES string of the molecule is CC1(C)CC1CC1CC1(F)F. The summed E-state index contributed by atoms with van der Waals surface area (Å²) in [4.78, 5) is 0. The summed E-state index contributed by atoms with van der Waals surface area (Å²) in [6, 6.07) is 0. The zero-order valence-electron chi connectivity index (χ0n) is 7.03. The summed E-state index contributed by atoms with van der Waals surface area (Å²) in [5, 5.41) is 0. The van der Waals surface area contributed by atoms with E-state index in [0.29, 0.717) is 11.3 Å². The van der Waals surface area contributed by atoms with Gasteiger partial charge in [0.15, 0.2) is 0 Å². The van der Waals surface area contributed by atoms with Crippen LogP contribution in [0.3, 0.4) is 0 Å². The summed E-state index contributed by atoms with van der Waals surface area (Å²) in [7, 11) is 0. The van der Waals surface area contributed by atoms with E-state index in [1.165, 1.54) is 0 Å². The Kier molecular flexibility index (Phi) is 1.21. The van der Waals surface area contributed by atoms with E-state index in [-0.39, 0.29) is 12.3 Å². The predicted octanol–water partition coefficient (Wildman–Crippen LogP) is 3.08. The quantitative estimate of drug-likeness (QED) is 0.582. The Morgan fingerprint density at radius 1 is 1.18 bits per heavy atom.